The maximum Gasteiger partial charge on any atom is 0.0867 e. The van der Waals surface area contributed by atoms with Crippen molar-refractivity contribution in [2.24, 2.45) is 5.41 Å². The lowest BCUT2D eigenvalue weighted by Gasteiger charge is -2.40. The van der Waals surface area contributed by atoms with E-state index in [4.69, 9.17) is 4.74 Å². The molecule has 90 valence electrons. The fourth-order valence-corrected chi connectivity index (χ4v) is 2.47. The fourth-order valence-electron chi connectivity index (χ4n) is 2.47. The maximum absolute atomic E-state index is 5.74. The molecule has 0 bridgehead atoms. The van der Waals surface area contributed by atoms with Crippen molar-refractivity contribution < 1.29 is 4.74 Å². The van der Waals surface area contributed by atoms with Crippen LogP contribution in [0.2, 0.25) is 0 Å². The van der Waals surface area contributed by atoms with E-state index in [9.17, 15) is 0 Å². The molecule has 15 heavy (non-hydrogen) atoms. The van der Waals surface area contributed by atoms with Gasteiger partial charge in [0.2, 0.25) is 0 Å². The van der Waals surface area contributed by atoms with Crippen molar-refractivity contribution in [3.8, 4) is 0 Å². The van der Waals surface area contributed by atoms with E-state index in [1.165, 1.54) is 6.54 Å². The minimum Gasteiger partial charge on any atom is -0.374 e. The minimum absolute atomic E-state index is 0. The van der Waals surface area contributed by atoms with Gasteiger partial charge in [0.1, 0.15) is 0 Å². The van der Waals surface area contributed by atoms with E-state index < -0.39 is 0 Å². The molecule has 0 radical (unpaired) electrons. The summed E-state index contributed by atoms with van der Waals surface area (Å²) < 4.78 is 5.74. The Morgan fingerprint density at radius 3 is 2.73 bits per heavy atom. The maximum atomic E-state index is 5.74. The van der Waals surface area contributed by atoms with Gasteiger partial charge in [-0.2, -0.15) is 0 Å². The third kappa shape index (κ3) is 3.31. The van der Waals surface area contributed by atoms with Gasteiger partial charge in [-0.05, 0) is 5.41 Å². The molecule has 2 atom stereocenters. The standard InChI is InChI=1S/C11H22N2O.ClH/c1-11(2,3)8-13-4-5-14-10-7-12-6-9(10)13;/h9-10,12H,4-8H2,1-3H3;1H. The normalized spacial score (nSPS) is 32.2. The highest BCUT2D eigenvalue weighted by molar-refractivity contribution is 5.85. The van der Waals surface area contributed by atoms with Gasteiger partial charge in [-0.15, -0.1) is 12.4 Å². The molecular formula is C11H23ClN2O. The molecule has 0 amide bonds. The monoisotopic (exact) mass is 234 g/mol. The third-order valence-electron chi connectivity index (χ3n) is 2.99. The fraction of sp³-hybridized carbons (Fsp3) is 1.00. The Kier molecular flexibility index (Phi) is 4.41. The lowest BCUT2D eigenvalue weighted by atomic mass is 9.94. The first-order chi connectivity index (χ1) is 6.56. The third-order valence-corrected chi connectivity index (χ3v) is 2.99. The summed E-state index contributed by atoms with van der Waals surface area (Å²) in [4.78, 5) is 2.59. The molecule has 2 aliphatic rings. The molecule has 2 fully saturated rings. The summed E-state index contributed by atoms with van der Waals surface area (Å²) in [6.07, 6.45) is 0.436. The van der Waals surface area contributed by atoms with Gasteiger partial charge in [-0.1, -0.05) is 20.8 Å². The molecule has 2 unspecified atom stereocenters. The highest BCUT2D eigenvalue weighted by atomic mass is 35.5. The van der Waals surface area contributed by atoms with Gasteiger partial charge in [0.05, 0.1) is 12.7 Å². The number of fused-ring (bicyclic) bond motifs is 1. The molecular weight excluding hydrogens is 212 g/mol. The Morgan fingerprint density at radius 2 is 2.07 bits per heavy atom. The number of rotatable bonds is 1. The predicted octanol–water partition coefficient (Wildman–Crippen LogP) is 1.13. The molecule has 2 rings (SSSR count). The Labute approximate surface area is 99.0 Å². The average Bonchev–Trinajstić information content (AvgIpc) is 2.49. The highest BCUT2D eigenvalue weighted by Gasteiger charge is 2.37. The van der Waals surface area contributed by atoms with Crippen LogP contribution in [0.5, 0.6) is 0 Å². The first-order valence-corrected chi connectivity index (χ1v) is 5.63. The first-order valence-electron chi connectivity index (χ1n) is 5.63. The number of nitrogens with one attached hydrogen (secondary N) is 1. The van der Waals surface area contributed by atoms with Crippen LogP contribution in [-0.2, 0) is 4.74 Å². The van der Waals surface area contributed by atoms with Crippen molar-refractivity contribution in [3.63, 3.8) is 0 Å². The van der Waals surface area contributed by atoms with Crippen LogP contribution in [0, 0.1) is 5.41 Å². The van der Waals surface area contributed by atoms with Gasteiger partial charge in [-0.25, -0.2) is 0 Å². The van der Waals surface area contributed by atoms with E-state index in [1.54, 1.807) is 0 Å². The van der Waals surface area contributed by atoms with Crippen molar-refractivity contribution in [3.05, 3.63) is 0 Å². The summed E-state index contributed by atoms with van der Waals surface area (Å²) in [6.45, 7) is 12.2. The smallest absolute Gasteiger partial charge is 0.0867 e. The van der Waals surface area contributed by atoms with E-state index in [2.05, 4.69) is 31.0 Å². The lowest BCUT2D eigenvalue weighted by molar-refractivity contribution is -0.0561. The van der Waals surface area contributed by atoms with Crippen molar-refractivity contribution in [2.75, 3.05) is 32.8 Å². The summed E-state index contributed by atoms with van der Waals surface area (Å²) in [6, 6.07) is 0.614. The van der Waals surface area contributed by atoms with Crippen LogP contribution in [0.4, 0.5) is 0 Å². The molecule has 2 heterocycles. The molecule has 0 aromatic heterocycles. The van der Waals surface area contributed by atoms with E-state index in [1.807, 2.05) is 0 Å². The van der Waals surface area contributed by atoms with E-state index in [0.29, 0.717) is 17.6 Å². The second-order valence-electron chi connectivity index (χ2n) is 5.67. The summed E-state index contributed by atoms with van der Waals surface area (Å²) >= 11 is 0. The number of halogens is 1. The van der Waals surface area contributed by atoms with Crippen molar-refractivity contribution >= 4 is 12.4 Å². The number of hydrogen-bond donors (Lipinski definition) is 1. The first kappa shape index (κ1) is 13.2. The topological polar surface area (TPSA) is 24.5 Å². The van der Waals surface area contributed by atoms with Gasteiger partial charge in [-0.3, -0.25) is 4.90 Å². The Balaban J connectivity index is 0.00000112. The molecule has 4 heteroatoms. The predicted molar refractivity (Wildman–Crippen MR) is 64.7 cm³/mol. The Hall–Kier alpha value is 0.170. The largest absolute Gasteiger partial charge is 0.374 e. The summed E-state index contributed by atoms with van der Waals surface area (Å²) in [5.74, 6) is 0. The van der Waals surface area contributed by atoms with Gasteiger partial charge in [0.15, 0.2) is 0 Å². The average molecular weight is 235 g/mol. The van der Waals surface area contributed by atoms with Crippen molar-refractivity contribution in [1.29, 1.82) is 0 Å². The number of morpholine rings is 1. The Bertz CT molecular complexity index is 205. The molecule has 0 saturated carbocycles. The SMILES string of the molecule is CC(C)(C)CN1CCOC2CNCC21.Cl. The molecule has 0 aromatic carbocycles. The molecule has 3 nitrogen and oxygen atoms in total. The second-order valence-corrected chi connectivity index (χ2v) is 5.67. The van der Waals surface area contributed by atoms with Crippen LogP contribution in [0.15, 0.2) is 0 Å². The van der Waals surface area contributed by atoms with E-state index >= 15 is 0 Å². The van der Waals surface area contributed by atoms with E-state index in [0.717, 1.165) is 26.2 Å². The van der Waals surface area contributed by atoms with E-state index in [-0.39, 0.29) is 12.4 Å². The molecule has 2 aliphatic heterocycles. The molecule has 0 aromatic rings. The van der Waals surface area contributed by atoms with Crippen molar-refractivity contribution in [1.82, 2.24) is 10.2 Å². The van der Waals surface area contributed by atoms with Crippen LogP contribution in [0.25, 0.3) is 0 Å². The number of hydrogen-bond acceptors (Lipinski definition) is 3. The van der Waals surface area contributed by atoms with Crippen molar-refractivity contribution in [2.45, 2.75) is 32.9 Å². The molecule has 0 aliphatic carbocycles. The number of nitrogens with zero attached hydrogens (tertiary/aromatic N) is 1. The second kappa shape index (κ2) is 5.00. The van der Waals surface area contributed by atoms with Gasteiger partial charge in [0.25, 0.3) is 0 Å². The lowest BCUT2D eigenvalue weighted by Crippen LogP contribution is -2.52. The quantitative estimate of drug-likeness (QED) is 0.736. The zero-order chi connectivity index (χ0) is 10.2. The van der Waals surface area contributed by atoms with Gasteiger partial charge in [0, 0.05) is 32.2 Å². The van der Waals surface area contributed by atoms with Gasteiger partial charge >= 0.3 is 0 Å². The molecule has 1 N–H and O–H groups in total. The van der Waals surface area contributed by atoms with Gasteiger partial charge < -0.3 is 10.1 Å². The van der Waals surface area contributed by atoms with Crippen LogP contribution < -0.4 is 5.32 Å². The van der Waals surface area contributed by atoms with Crippen LogP contribution >= 0.6 is 12.4 Å². The summed E-state index contributed by atoms with van der Waals surface area (Å²) in [5, 5.41) is 3.41. The minimum atomic E-state index is 0. The zero-order valence-corrected chi connectivity index (χ0v) is 10.8. The molecule has 0 spiro atoms. The Morgan fingerprint density at radius 1 is 1.33 bits per heavy atom. The molecule has 2 saturated heterocycles. The number of ether oxygens (including phenoxy) is 1. The summed E-state index contributed by atoms with van der Waals surface area (Å²) in [7, 11) is 0. The van der Waals surface area contributed by atoms with Crippen LogP contribution in [0.1, 0.15) is 20.8 Å². The zero-order valence-electron chi connectivity index (χ0n) is 9.95. The highest BCUT2D eigenvalue weighted by Crippen LogP contribution is 2.23. The van der Waals surface area contributed by atoms with Crippen LogP contribution in [-0.4, -0.2) is 49.8 Å². The van der Waals surface area contributed by atoms with Crippen LogP contribution in [0.3, 0.4) is 0 Å². The summed E-state index contributed by atoms with van der Waals surface area (Å²) in [5.41, 5.74) is 0.393.